The van der Waals surface area contributed by atoms with Crippen molar-refractivity contribution in [3.63, 3.8) is 0 Å². The van der Waals surface area contributed by atoms with Crippen molar-refractivity contribution in [2.45, 2.75) is 69.1 Å². The number of amides is 5. The van der Waals surface area contributed by atoms with Gasteiger partial charge in [0.1, 0.15) is 24.2 Å². The molecule has 2 aromatic rings. The maximum absolute atomic E-state index is 13.8. The zero-order valence-corrected chi connectivity index (χ0v) is 26.7. The molecule has 1 aliphatic rings. The molecule has 16 heteroatoms. The molecule has 14 N–H and O–H groups in total. The third-order valence-electron chi connectivity index (χ3n) is 7.57. The molecule has 0 bridgehead atoms. The summed E-state index contributed by atoms with van der Waals surface area (Å²) in [6, 6.07) is 9.01. The molecule has 0 unspecified atom stereocenters. The van der Waals surface area contributed by atoms with Crippen molar-refractivity contribution >= 4 is 52.2 Å². The molecule has 1 heterocycles. The van der Waals surface area contributed by atoms with E-state index < -0.39 is 53.7 Å². The molecular formula is C32H45N11O5. The third kappa shape index (κ3) is 12.3. The van der Waals surface area contributed by atoms with Crippen molar-refractivity contribution in [2.24, 2.45) is 38.7 Å². The molecular weight excluding hydrogens is 618 g/mol. The average Bonchev–Trinajstić information content (AvgIpc) is 3.03. The molecule has 4 atom stereocenters. The lowest BCUT2D eigenvalue weighted by Gasteiger charge is -2.26. The van der Waals surface area contributed by atoms with Crippen LogP contribution in [-0.4, -0.2) is 78.7 Å². The molecule has 0 fully saturated rings. The minimum Gasteiger partial charge on any atom is -0.370 e. The van der Waals surface area contributed by atoms with Crippen LogP contribution < -0.4 is 49.9 Å². The SMILES string of the molecule is NC(=O)[C@H]1CC/C=C/C[C@H](NC(=O)CCN=C(N)N)C(=O)N[C@@H](CCCN=C(N)N)C(=O)N[C@@H](Cc2ccc3ccccc3c2)C(=O)N1. The molecule has 0 saturated carbocycles. The van der Waals surface area contributed by atoms with Gasteiger partial charge in [0.15, 0.2) is 11.9 Å². The zero-order chi connectivity index (χ0) is 35.1. The number of rotatable bonds is 11. The van der Waals surface area contributed by atoms with Crippen LogP contribution in [0.2, 0.25) is 0 Å². The molecule has 0 aromatic heterocycles. The van der Waals surface area contributed by atoms with Gasteiger partial charge in [-0.1, -0.05) is 54.6 Å². The summed E-state index contributed by atoms with van der Waals surface area (Å²) in [5.74, 6) is -3.43. The number of hydrogen-bond acceptors (Lipinski definition) is 7. The standard InChI is InChI=1S/C32H45N11O5/c33-27(45)22-9-2-1-3-10-23(40-26(44)14-16-39-32(36)37)28(46)42-24(11-6-15-38-31(34)35)29(47)43-25(30(48)41-22)18-19-12-13-20-7-4-5-8-21(20)17-19/h1,3-5,7-8,12-13,17,22-25H,2,6,9-11,14-16,18H2,(H2,33,45)(H,40,44)(H,41,48)(H,42,46)(H,43,47)(H4,34,35,38)(H4,36,37,39)/b3-1+/t22-,23+,24+,25+/m1/s1. The fourth-order valence-electron chi connectivity index (χ4n) is 5.08. The number of benzene rings is 2. The lowest BCUT2D eigenvalue weighted by molar-refractivity contribution is -0.134. The van der Waals surface area contributed by atoms with Gasteiger partial charge >= 0.3 is 0 Å². The lowest BCUT2D eigenvalue weighted by Crippen LogP contribution is -2.58. The molecule has 3 rings (SSSR count). The number of allylic oxidation sites excluding steroid dienone is 1. The molecule has 258 valence electrons. The highest BCUT2D eigenvalue weighted by Gasteiger charge is 2.31. The molecule has 0 spiro atoms. The van der Waals surface area contributed by atoms with Gasteiger partial charge in [-0.25, -0.2) is 0 Å². The zero-order valence-electron chi connectivity index (χ0n) is 26.7. The predicted octanol–water partition coefficient (Wildman–Crippen LogP) is -1.74. The number of carbonyl (C=O) groups is 5. The van der Waals surface area contributed by atoms with Gasteiger partial charge in [-0.05, 0) is 48.4 Å². The van der Waals surface area contributed by atoms with Crippen LogP contribution in [0.15, 0.2) is 64.6 Å². The van der Waals surface area contributed by atoms with Gasteiger partial charge in [0.2, 0.25) is 29.5 Å². The molecule has 48 heavy (non-hydrogen) atoms. The molecule has 1 aliphatic heterocycles. The van der Waals surface area contributed by atoms with Crippen molar-refractivity contribution in [1.82, 2.24) is 21.3 Å². The molecule has 16 nitrogen and oxygen atoms in total. The lowest BCUT2D eigenvalue weighted by atomic mass is 10.00. The van der Waals surface area contributed by atoms with Crippen LogP contribution >= 0.6 is 0 Å². The first-order valence-corrected chi connectivity index (χ1v) is 15.7. The van der Waals surface area contributed by atoms with Crippen LogP contribution in [0.4, 0.5) is 0 Å². The Labute approximate surface area is 278 Å². The van der Waals surface area contributed by atoms with Crippen LogP contribution in [0.1, 0.15) is 44.1 Å². The van der Waals surface area contributed by atoms with Gasteiger partial charge in [0.25, 0.3) is 0 Å². The van der Waals surface area contributed by atoms with Crippen LogP contribution in [-0.2, 0) is 30.4 Å². The Morgan fingerprint density at radius 1 is 0.792 bits per heavy atom. The average molecular weight is 664 g/mol. The Hall–Kier alpha value is -5.67. The Morgan fingerprint density at radius 3 is 2.17 bits per heavy atom. The van der Waals surface area contributed by atoms with Crippen LogP contribution in [0.5, 0.6) is 0 Å². The van der Waals surface area contributed by atoms with Gasteiger partial charge < -0.3 is 49.9 Å². The maximum atomic E-state index is 13.8. The quantitative estimate of drug-likeness (QED) is 0.0570. The van der Waals surface area contributed by atoms with E-state index in [1.54, 1.807) is 12.2 Å². The summed E-state index contributed by atoms with van der Waals surface area (Å²) in [5, 5.41) is 12.8. The number of nitrogens with two attached hydrogens (primary N) is 5. The highest BCUT2D eigenvalue weighted by molar-refractivity contribution is 5.95. The molecule has 0 radical (unpaired) electrons. The summed E-state index contributed by atoms with van der Waals surface area (Å²) < 4.78 is 0. The van der Waals surface area contributed by atoms with Crippen LogP contribution in [0, 0.1) is 0 Å². The van der Waals surface area contributed by atoms with Gasteiger partial charge in [0.05, 0.1) is 6.54 Å². The van der Waals surface area contributed by atoms with Gasteiger partial charge in [0, 0.05) is 19.4 Å². The summed E-state index contributed by atoms with van der Waals surface area (Å²) in [7, 11) is 0. The van der Waals surface area contributed by atoms with E-state index in [2.05, 4.69) is 31.3 Å². The van der Waals surface area contributed by atoms with Crippen LogP contribution in [0.25, 0.3) is 10.8 Å². The van der Waals surface area contributed by atoms with Crippen molar-refractivity contribution in [2.75, 3.05) is 13.1 Å². The highest BCUT2D eigenvalue weighted by atomic mass is 16.2. The van der Waals surface area contributed by atoms with Gasteiger partial charge in [-0.2, -0.15) is 0 Å². The van der Waals surface area contributed by atoms with E-state index in [9.17, 15) is 24.0 Å². The molecule has 0 aliphatic carbocycles. The number of aliphatic imine (C=N–C) groups is 2. The van der Waals surface area contributed by atoms with E-state index in [1.165, 1.54) is 0 Å². The van der Waals surface area contributed by atoms with Crippen molar-refractivity contribution in [3.8, 4) is 0 Å². The van der Waals surface area contributed by atoms with E-state index in [0.717, 1.165) is 16.3 Å². The first-order chi connectivity index (χ1) is 22.9. The molecule has 5 amide bonds. The first-order valence-electron chi connectivity index (χ1n) is 15.7. The Morgan fingerprint density at radius 2 is 1.46 bits per heavy atom. The normalized spacial score (nSPS) is 21.3. The second kappa shape index (κ2) is 18.5. The second-order valence-electron chi connectivity index (χ2n) is 11.4. The number of hydrogen-bond donors (Lipinski definition) is 9. The van der Waals surface area contributed by atoms with E-state index in [-0.39, 0.29) is 57.1 Å². The summed E-state index contributed by atoms with van der Waals surface area (Å²) in [4.78, 5) is 73.7. The Bertz CT molecular complexity index is 1550. The van der Waals surface area contributed by atoms with E-state index in [0.29, 0.717) is 12.8 Å². The van der Waals surface area contributed by atoms with Crippen molar-refractivity contribution in [3.05, 3.63) is 60.2 Å². The summed E-state index contributed by atoms with van der Waals surface area (Å²) in [5.41, 5.74) is 27.9. The van der Waals surface area contributed by atoms with E-state index in [4.69, 9.17) is 28.7 Å². The fourth-order valence-corrected chi connectivity index (χ4v) is 5.08. The Kier molecular flexibility index (Phi) is 14.2. The molecule has 2 aromatic carbocycles. The monoisotopic (exact) mass is 663 g/mol. The second-order valence-corrected chi connectivity index (χ2v) is 11.4. The van der Waals surface area contributed by atoms with E-state index in [1.807, 2.05) is 42.5 Å². The summed E-state index contributed by atoms with van der Waals surface area (Å²) in [6.45, 7) is 0.194. The minimum atomic E-state index is -1.14. The highest BCUT2D eigenvalue weighted by Crippen LogP contribution is 2.17. The van der Waals surface area contributed by atoms with Crippen molar-refractivity contribution < 1.29 is 24.0 Å². The first kappa shape index (κ1) is 36.8. The largest absolute Gasteiger partial charge is 0.370 e. The summed E-state index contributed by atoms with van der Waals surface area (Å²) >= 11 is 0. The van der Waals surface area contributed by atoms with Gasteiger partial charge in [-0.3, -0.25) is 34.0 Å². The predicted molar refractivity (Wildman–Crippen MR) is 183 cm³/mol. The summed E-state index contributed by atoms with van der Waals surface area (Å²) in [6.07, 6.45) is 4.35. The third-order valence-corrected chi connectivity index (χ3v) is 7.57. The number of carbonyl (C=O) groups excluding carboxylic acids is 5. The van der Waals surface area contributed by atoms with Gasteiger partial charge in [-0.15, -0.1) is 0 Å². The van der Waals surface area contributed by atoms with Crippen molar-refractivity contribution in [1.29, 1.82) is 0 Å². The maximum Gasteiger partial charge on any atom is 0.243 e. The number of primary amides is 1. The van der Waals surface area contributed by atoms with Crippen LogP contribution in [0.3, 0.4) is 0 Å². The number of fused-ring (bicyclic) bond motifs is 1. The number of guanidine groups is 2. The molecule has 0 saturated heterocycles. The Balaban J connectivity index is 1.93. The minimum absolute atomic E-state index is 0.0162. The topological polar surface area (TPSA) is 288 Å². The van der Waals surface area contributed by atoms with E-state index >= 15 is 0 Å². The number of nitrogens with zero attached hydrogens (tertiary/aromatic N) is 2. The number of nitrogens with one attached hydrogen (secondary N) is 4. The fraction of sp³-hybridized carbons (Fsp3) is 0.406. The smallest absolute Gasteiger partial charge is 0.243 e.